The molecule has 2 heterocycles. The molecular formula is C19H21N3O5. The average molecular weight is 371 g/mol. The number of hydrogen-bond donors (Lipinski definition) is 1. The topological polar surface area (TPSA) is 99.5 Å². The summed E-state index contributed by atoms with van der Waals surface area (Å²) in [5, 5.41) is 7.23. The third-order valence-electron chi connectivity index (χ3n) is 4.49. The van der Waals surface area contributed by atoms with Crippen molar-refractivity contribution < 1.29 is 23.9 Å². The molecule has 0 radical (unpaired) electrons. The zero-order valence-electron chi connectivity index (χ0n) is 15.4. The Kier molecular flexibility index (Phi) is 5.25. The SMILES string of the molecule is CCOC(=O)Cn1nc(C)c2c1NC(=O)C[C@H]2c1ccc(C(=O)OC)cc1. The Hall–Kier alpha value is -3.16. The summed E-state index contributed by atoms with van der Waals surface area (Å²) in [6, 6.07) is 6.96. The van der Waals surface area contributed by atoms with Crippen molar-refractivity contribution in [3.05, 3.63) is 46.6 Å². The van der Waals surface area contributed by atoms with Crippen molar-refractivity contribution >= 4 is 23.7 Å². The zero-order chi connectivity index (χ0) is 19.6. The molecule has 0 unspecified atom stereocenters. The molecular weight excluding hydrogens is 350 g/mol. The molecule has 3 rings (SSSR count). The number of aromatic nitrogens is 2. The van der Waals surface area contributed by atoms with Gasteiger partial charge in [-0.25, -0.2) is 9.48 Å². The first-order valence-corrected chi connectivity index (χ1v) is 8.65. The predicted octanol–water partition coefficient (Wildman–Crippen LogP) is 2.02. The van der Waals surface area contributed by atoms with Gasteiger partial charge in [-0.05, 0) is 31.5 Å². The van der Waals surface area contributed by atoms with E-state index in [0.29, 0.717) is 11.4 Å². The monoisotopic (exact) mass is 371 g/mol. The molecule has 0 spiro atoms. The first-order chi connectivity index (χ1) is 12.9. The lowest BCUT2D eigenvalue weighted by Gasteiger charge is -2.24. The minimum absolute atomic E-state index is 0.0711. The Labute approximate surface area is 156 Å². The third kappa shape index (κ3) is 3.69. The smallest absolute Gasteiger partial charge is 0.337 e. The maximum Gasteiger partial charge on any atom is 0.337 e. The molecule has 1 aliphatic rings. The number of nitrogens with one attached hydrogen (secondary N) is 1. The van der Waals surface area contributed by atoms with Crippen LogP contribution >= 0.6 is 0 Å². The highest BCUT2D eigenvalue weighted by molar-refractivity contribution is 5.95. The van der Waals surface area contributed by atoms with Crippen molar-refractivity contribution in [3.8, 4) is 0 Å². The molecule has 0 aliphatic carbocycles. The van der Waals surface area contributed by atoms with Gasteiger partial charge in [0, 0.05) is 17.9 Å². The van der Waals surface area contributed by atoms with Gasteiger partial charge >= 0.3 is 11.9 Å². The zero-order valence-corrected chi connectivity index (χ0v) is 15.4. The number of carbonyl (C=O) groups excluding carboxylic acids is 3. The Balaban J connectivity index is 1.96. The summed E-state index contributed by atoms with van der Waals surface area (Å²) in [4.78, 5) is 35.7. The molecule has 0 saturated heterocycles. The van der Waals surface area contributed by atoms with Crippen LogP contribution in [0.25, 0.3) is 0 Å². The molecule has 1 aromatic carbocycles. The summed E-state index contributed by atoms with van der Waals surface area (Å²) in [7, 11) is 1.33. The quantitative estimate of drug-likeness (QED) is 0.807. The summed E-state index contributed by atoms with van der Waals surface area (Å²) in [5.74, 6) is -0.687. The van der Waals surface area contributed by atoms with E-state index in [4.69, 9.17) is 9.47 Å². The van der Waals surface area contributed by atoms with E-state index < -0.39 is 11.9 Å². The number of aryl methyl sites for hydroxylation is 1. The summed E-state index contributed by atoms with van der Waals surface area (Å²) >= 11 is 0. The number of carbonyl (C=O) groups is 3. The molecule has 8 nitrogen and oxygen atoms in total. The van der Waals surface area contributed by atoms with Crippen LogP contribution in [0.15, 0.2) is 24.3 Å². The van der Waals surface area contributed by atoms with E-state index in [1.54, 1.807) is 31.2 Å². The lowest BCUT2D eigenvalue weighted by atomic mass is 9.85. The molecule has 8 heteroatoms. The second-order valence-electron chi connectivity index (χ2n) is 6.23. The van der Waals surface area contributed by atoms with E-state index in [0.717, 1.165) is 16.8 Å². The molecule has 2 aromatic rings. The van der Waals surface area contributed by atoms with Gasteiger partial charge < -0.3 is 14.8 Å². The normalized spacial score (nSPS) is 15.7. The summed E-state index contributed by atoms with van der Waals surface area (Å²) in [6.45, 7) is 3.78. The number of rotatable bonds is 5. The minimum atomic E-state index is -0.415. The van der Waals surface area contributed by atoms with Gasteiger partial charge in [-0.3, -0.25) is 9.59 Å². The van der Waals surface area contributed by atoms with E-state index in [9.17, 15) is 14.4 Å². The van der Waals surface area contributed by atoms with Gasteiger partial charge in [0.05, 0.1) is 25.0 Å². The van der Waals surface area contributed by atoms with E-state index in [1.165, 1.54) is 11.8 Å². The number of hydrogen-bond acceptors (Lipinski definition) is 6. The van der Waals surface area contributed by atoms with Gasteiger partial charge in [0.1, 0.15) is 12.4 Å². The molecule has 1 N–H and O–H groups in total. The number of ether oxygens (including phenoxy) is 2. The third-order valence-corrected chi connectivity index (χ3v) is 4.49. The Morgan fingerprint density at radius 2 is 2.00 bits per heavy atom. The molecule has 1 aromatic heterocycles. The van der Waals surface area contributed by atoms with Crippen molar-refractivity contribution in [2.75, 3.05) is 19.0 Å². The molecule has 142 valence electrons. The number of esters is 2. The van der Waals surface area contributed by atoms with E-state index >= 15 is 0 Å². The van der Waals surface area contributed by atoms with Crippen LogP contribution in [0.5, 0.6) is 0 Å². The number of fused-ring (bicyclic) bond motifs is 1. The van der Waals surface area contributed by atoms with Gasteiger partial charge in [0.25, 0.3) is 0 Å². The van der Waals surface area contributed by atoms with Crippen LogP contribution in [-0.4, -0.2) is 41.3 Å². The van der Waals surface area contributed by atoms with Gasteiger partial charge in [-0.2, -0.15) is 5.10 Å². The van der Waals surface area contributed by atoms with Crippen LogP contribution in [0, 0.1) is 6.92 Å². The maximum absolute atomic E-state index is 12.3. The fourth-order valence-electron chi connectivity index (χ4n) is 3.31. The minimum Gasteiger partial charge on any atom is -0.465 e. The molecule has 27 heavy (non-hydrogen) atoms. The maximum atomic E-state index is 12.3. The van der Waals surface area contributed by atoms with Gasteiger partial charge in [0.2, 0.25) is 5.91 Å². The van der Waals surface area contributed by atoms with Crippen molar-refractivity contribution in [2.45, 2.75) is 32.7 Å². The van der Waals surface area contributed by atoms with E-state index in [2.05, 4.69) is 10.4 Å². The van der Waals surface area contributed by atoms with Crippen molar-refractivity contribution in [1.29, 1.82) is 0 Å². The Morgan fingerprint density at radius 1 is 1.30 bits per heavy atom. The van der Waals surface area contributed by atoms with Crippen LogP contribution in [0.3, 0.4) is 0 Å². The standard InChI is InChI=1S/C19H21N3O5/c1-4-27-16(24)10-22-18-17(11(2)21-22)14(9-15(23)20-18)12-5-7-13(8-6-12)19(25)26-3/h5-8,14H,4,9-10H2,1-3H3,(H,20,23)/t14-/m0/s1. The number of methoxy groups -OCH3 is 1. The van der Waals surface area contributed by atoms with Crippen LogP contribution in [-0.2, 0) is 25.6 Å². The van der Waals surface area contributed by atoms with Crippen LogP contribution in [0.1, 0.15) is 46.4 Å². The molecule has 1 amide bonds. The second kappa shape index (κ2) is 7.61. The second-order valence-corrected chi connectivity index (χ2v) is 6.23. The predicted molar refractivity (Wildman–Crippen MR) is 96.5 cm³/mol. The average Bonchev–Trinajstić information content (AvgIpc) is 2.96. The number of amides is 1. The highest BCUT2D eigenvalue weighted by Gasteiger charge is 2.32. The highest BCUT2D eigenvalue weighted by Crippen LogP contribution is 2.39. The van der Waals surface area contributed by atoms with Gasteiger partial charge in [-0.15, -0.1) is 0 Å². The van der Waals surface area contributed by atoms with Crippen LogP contribution in [0.2, 0.25) is 0 Å². The van der Waals surface area contributed by atoms with Crippen LogP contribution in [0.4, 0.5) is 5.82 Å². The highest BCUT2D eigenvalue weighted by atomic mass is 16.5. The van der Waals surface area contributed by atoms with Gasteiger partial charge in [0.15, 0.2) is 0 Å². The number of benzene rings is 1. The number of nitrogens with zero attached hydrogens (tertiary/aromatic N) is 2. The van der Waals surface area contributed by atoms with E-state index in [-0.39, 0.29) is 31.4 Å². The molecule has 0 bridgehead atoms. The van der Waals surface area contributed by atoms with Crippen LogP contribution < -0.4 is 5.32 Å². The van der Waals surface area contributed by atoms with Gasteiger partial charge in [-0.1, -0.05) is 12.1 Å². The van der Waals surface area contributed by atoms with Crippen molar-refractivity contribution in [1.82, 2.24) is 9.78 Å². The fraction of sp³-hybridized carbons (Fsp3) is 0.368. The molecule has 0 fully saturated rings. The van der Waals surface area contributed by atoms with Crippen molar-refractivity contribution in [3.63, 3.8) is 0 Å². The number of anilines is 1. The Morgan fingerprint density at radius 3 is 2.63 bits per heavy atom. The first kappa shape index (κ1) is 18.6. The Bertz CT molecular complexity index is 885. The largest absolute Gasteiger partial charge is 0.465 e. The molecule has 1 atom stereocenters. The lowest BCUT2D eigenvalue weighted by Crippen LogP contribution is -2.26. The molecule has 1 aliphatic heterocycles. The fourth-order valence-corrected chi connectivity index (χ4v) is 3.31. The van der Waals surface area contributed by atoms with Crippen molar-refractivity contribution in [2.24, 2.45) is 0 Å². The summed E-state index contributed by atoms with van der Waals surface area (Å²) in [6.07, 6.45) is 0.260. The summed E-state index contributed by atoms with van der Waals surface area (Å²) < 4.78 is 11.2. The first-order valence-electron chi connectivity index (χ1n) is 8.65. The lowest BCUT2D eigenvalue weighted by molar-refractivity contribution is -0.144. The van der Waals surface area contributed by atoms with E-state index in [1.807, 2.05) is 6.92 Å². The summed E-state index contributed by atoms with van der Waals surface area (Å²) in [5.41, 5.74) is 2.93. The molecule has 0 saturated carbocycles.